The highest BCUT2D eigenvalue weighted by Gasteiger charge is 2.13. The van der Waals surface area contributed by atoms with E-state index < -0.39 is 0 Å². The van der Waals surface area contributed by atoms with Crippen LogP contribution in [0.15, 0.2) is 40.5 Å². The van der Waals surface area contributed by atoms with E-state index in [0.717, 1.165) is 9.14 Å². The molecule has 0 aliphatic heterocycles. The van der Waals surface area contributed by atoms with Gasteiger partial charge in [0, 0.05) is 6.54 Å². The summed E-state index contributed by atoms with van der Waals surface area (Å²) in [6.07, 6.45) is 0. The molecule has 0 spiro atoms. The van der Waals surface area contributed by atoms with Gasteiger partial charge in [-0.05, 0) is 38.7 Å². The molecule has 0 aromatic heterocycles. The maximum atomic E-state index is 11.6. The van der Waals surface area contributed by atoms with Gasteiger partial charge < -0.3 is 5.32 Å². The lowest BCUT2D eigenvalue weighted by atomic mass is 10.1. The molecule has 1 aromatic carbocycles. The molecular weight excluding hydrogens is 301 g/mol. The summed E-state index contributed by atoms with van der Waals surface area (Å²) in [5.74, 6) is -0.104. The average molecular weight is 315 g/mol. The van der Waals surface area contributed by atoms with Gasteiger partial charge in [0.15, 0.2) is 0 Å². The van der Waals surface area contributed by atoms with Crippen LogP contribution in [0.2, 0.25) is 0 Å². The summed E-state index contributed by atoms with van der Waals surface area (Å²) in [7, 11) is 0. The molecule has 1 N–H and O–H groups in total. The lowest BCUT2D eigenvalue weighted by molar-refractivity contribution is -0.123. The standard InChI is InChI=1S/C12H14INO/c1-9(10(2)13)12(15)14-8-11-6-4-3-5-7-11/h3-7,9H,2,8H2,1H3,(H,14,15). The number of nitrogens with one attached hydrogen (secondary N) is 1. The Morgan fingerprint density at radius 3 is 2.60 bits per heavy atom. The fourth-order valence-corrected chi connectivity index (χ4v) is 1.36. The van der Waals surface area contributed by atoms with E-state index in [1.807, 2.05) is 37.3 Å². The van der Waals surface area contributed by atoms with Crippen LogP contribution in [-0.2, 0) is 11.3 Å². The molecule has 0 aliphatic carbocycles. The van der Waals surface area contributed by atoms with Gasteiger partial charge in [-0.3, -0.25) is 4.79 Å². The zero-order valence-corrected chi connectivity index (χ0v) is 10.8. The first-order valence-electron chi connectivity index (χ1n) is 4.77. The number of carbonyl (C=O) groups excluding carboxylic acids is 1. The van der Waals surface area contributed by atoms with E-state index in [2.05, 4.69) is 34.5 Å². The maximum Gasteiger partial charge on any atom is 0.227 e. The number of halogens is 1. The average Bonchev–Trinajstić information content (AvgIpc) is 2.26. The van der Waals surface area contributed by atoms with Crippen LogP contribution in [0.25, 0.3) is 0 Å². The largest absolute Gasteiger partial charge is 0.351 e. The van der Waals surface area contributed by atoms with Gasteiger partial charge in [-0.15, -0.1) is 0 Å². The molecule has 3 heteroatoms. The topological polar surface area (TPSA) is 29.1 Å². The minimum absolute atomic E-state index is 0.0262. The van der Waals surface area contributed by atoms with Gasteiger partial charge in [-0.2, -0.15) is 0 Å². The van der Waals surface area contributed by atoms with E-state index in [1.54, 1.807) is 0 Å². The molecular formula is C12H14INO. The van der Waals surface area contributed by atoms with Gasteiger partial charge in [-0.1, -0.05) is 36.9 Å². The Bertz CT molecular complexity index is 348. The summed E-state index contributed by atoms with van der Waals surface area (Å²) < 4.78 is 0.859. The van der Waals surface area contributed by atoms with Crippen LogP contribution in [0.5, 0.6) is 0 Å². The second-order valence-electron chi connectivity index (χ2n) is 3.37. The van der Waals surface area contributed by atoms with Gasteiger partial charge in [0.05, 0.1) is 5.92 Å². The third kappa shape index (κ3) is 4.03. The van der Waals surface area contributed by atoms with Crippen molar-refractivity contribution in [2.24, 2.45) is 5.92 Å². The van der Waals surface area contributed by atoms with Crippen LogP contribution >= 0.6 is 22.6 Å². The van der Waals surface area contributed by atoms with E-state index in [0.29, 0.717) is 6.54 Å². The van der Waals surface area contributed by atoms with Crippen molar-refractivity contribution in [3.05, 3.63) is 46.1 Å². The van der Waals surface area contributed by atoms with Gasteiger partial charge in [0.2, 0.25) is 5.91 Å². The highest BCUT2D eigenvalue weighted by Crippen LogP contribution is 2.15. The summed E-state index contributed by atoms with van der Waals surface area (Å²) in [6, 6.07) is 9.86. The van der Waals surface area contributed by atoms with E-state index >= 15 is 0 Å². The van der Waals surface area contributed by atoms with Crippen LogP contribution in [0.4, 0.5) is 0 Å². The van der Waals surface area contributed by atoms with Crippen LogP contribution in [-0.4, -0.2) is 5.91 Å². The Hall–Kier alpha value is -0.840. The molecule has 1 rings (SSSR count). The molecule has 0 bridgehead atoms. The lowest BCUT2D eigenvalue weighted by Gasteiger charge is -2.10. The molecule has 1 amide bonds. The van der Waals surface area contributed by atoms with Gasteiger partial charge >= 0.3 is 0 Å². The Morgan fingerprint density at radius 1 is 1.47 bits per heavy atom. The van der Waals surface area contributed by atoms with Gasteiger partial charge in [-0.25, -0.2) is 0 Å². The summed E-state index contributed by atoms with van der Waals surface area (Å²) in [6.45, 7) is 6.19. The van der Waals surface area contributed by atoms with Crippen LogP contribution in [0.3, 0.4) is 0 Å². The molecule has 0 radical (unpaired) electrons. The number of carbonyl (C=O) groups is 1. The maximum absolute atomic E-state index is 11.6. The predicted molar refractivity (Wildman–Crippen MR) is 70.6 cm³/mol. The van der Waals surface area contributed by atoms with Crippen molar-refractivity contribution < 1.29 is 4.79 Å². The molecule has 2 nitrogen and oxygen atoms in total. The Labute approximate surface area is 104 Å². The normalized spacial score (nSPS) is 11.9. The molecule has 0 aliphatic rings. The fourth-order valence-electron chi connectivity index (χ4n) is 1.08. The number of amides is 1. The van der Waals surface area contributed by atoms with Crippen molar-refractivity contribution in [3.8, 4) is 0 Å². The predicted octanol–water partition coefficient (Wildman–Crippen LogP) is 2.89. The molecule has 0 heterocycles. The van der Waals surface area contributed by atoms with E-state index in [9.17, 15) is 4.79 Å². The molecule has 0 fully saturated rings. The smallest absolute Gasteiger partial charge is 0.227 e. The van der Waals surface area contributed by atoms with Crippen LogP contribution < -0.4 is 5.32 Å². The molecule has 0 saturated carbocycles. The second kappa shape index (κ2) is 5.90. The summed E-state index contributed by atoms with van der Waals surface area (Å²) in [4.78, 5) is 11.6. The first kappa shape index (κ1) is 12.2. The molecule has 1 unspecified atom stereocenters. The number of hydrogen-bond donors (Lipinski definition) is 1. The van der Waals surface area contributed by atoms with Crippen molar-refractivity contribution in [1.82, 2.24) is 5.32 Å². The van der Waals surface area contributed by atoms with E-state index in [4.69, 9.17) is 0 Å². The third-order valence-electron chi connectivity index (χ3n) is 2.17. The number of hydrogen-bond acceptors (Lipinski definition) is 1. The Morgan fingerprint density at radius 2 is 2.07 bits per heavy atom. The Kier molecular flexibility index (Phi) is 4.81. The summed E-state index contributed by atoms with van der Waals surface area (Å²) >= 11 is 2.08. The number of rotatable bonds is 4. The fraction of sp³-hybridized carbons (Fsp3) is 0.250. The first-order chi connectivity index (χ1) is 7.11. The molecule has 1 aromatic rings. The van der Waals surface area contributed by atoms with Crippen molar-refractivity contribution in [2.45, 2.75) is 13.5 Å². The van der Waals surface area contributed by atoms with Crippen molar-refractivity contribution >= 4 is 28.5 Å². The van der Waals surface area contributed by atoms with Crippen LogP contribution in [0, 0.1) is 5.92 Å². The minimum atomic E-state index is -0.130. The van der Waals surface area contributed by atoms with E-state index in [1.165, 1.54) is 0 Å². The first-order valence-corrected chi connectivity index (χ1v) is 5.85. The van der Waals surface area contributed by atoms with Crippen molar-refractivity contribution in [2.75, 3.05) is 0 Å². The molecule has 1 atom stereocenters. The second-order valence-corrected chi connectivity index (χ2v) is 4.76. The summed E-state index contributed by atoms with van der Waals surface area (Å²) in [5, 5.41) is 2.88. The van der Waals surface area contributed by atoms with Crippen molar-refractivity contribution in [3.63, 3.8) is 0 Å². The molecule has 80 valence electrons. The van der Waals surface area contributed by atoms with E-state index in [-0.39, 0.29) is 11.8 Å². The SMILES string of the molecule is C=C(I)C(C)C(=O)NCc1ccccc1. The number of benzene rings is 1. The highest BCUT2D eigenvalue weighted by molar-refractivity contribution is 14.1. The van der Waals surface area contributed by atoms with Gasteiger partial charge in [0.1, 0.15) is 0 Å². The van der Waals surface area contributed by atoms with Crippen LogP contribution in [0.1, 0.15) is 12.5 Å². The monoisotopic (exact) mass is 315 g/mol. The third-order valence-corrected chi connectivity index (χ3v) is 3.11. The van der Waals surface area contributed by atoms with Crippen molar-refractivity contribution in [1.29, 1.82) is 0 Å². The molecule has 15 heavy (non-hydrogen) atoms. The zero-order valence-electron chi connectivity index (χ0n) is 8.66. The minimum Gasteiger partial charge on any atom is -0.351 e. The summed E-state index contributed by atoms with van der Waals surface area (Å²) in [5.41, 5.74) is 1.11. The molecule has 0 saturated heterocycles. The van der Waals surface area contributed by atoms with Gasteiger partial charge in [0.25, 0.3) is 0 Å². The zero-order chi connectivity index (χ0) is 11.3. The lowest BCUT2D eigenvalue weighted by Crippen LogP contribution is -2.28. The Balaban J connectivity index is 2.44. The highest BCUT2D eigenvalue weighted by atomic mass is 127. The quantitative estimate of drug-likeness (QED) is 0.851.